The van der Waals surface area contributed by atoms with Crippen LogP contribution in [0.5, 0.6) is 0 Å². The van der Waals surface area contributed by atoms with Gasteiger partial charge in [0.1, 0.15) is 0 Å². The van der Waals surface area contributed by atoms with Crippen LogP contribution < -0.4 is 5.32 Å². The van der Waals surface area contributed by atoms with Gasteiger partial charge in [0, 0.05) is 19.7 Å². The molecule has 2 nitrogen and oxygen atoms in total. The quantitative estimate of drug-likeness (QED) is 0.546. The predicted molar refractivity (Wildman–Crippen MR) is 85.5 cm³/mol. The predicted octanol–water partition coefficient (Wildman–Crippen LogP) is 5.16. The van der Waals surface area contributed by atoms with Gasteiger partial charge in [-0.15, -0.1) is 0 Å². The van der Waals surface area contributed by atoms with Crippen molar-refractivity contribution in [2.75, 3.05) is 5.32 Å². The number of hydrogen-bond acceptors (Lipinski definition) is 2. The number of amides is 1. The standard InChI is InChI=1S/C14H9F3INOS/c15-14(16,17)21-12-6-4-11(5-7-12)19-13(20)9-2-1-3-10(18)8-9/h1-8H,(H,19,20). The normalized spacial score (nSPS) is 11.2. The molecule has 0 atom stereocenters. The number of alkyl halides is 3. The van der Waals surface area contributed by atoms with Gasteiger partial charge in [-0.3, -0.25) is 4.79 Å². The molecule has 21 heavy (non-hydrogen) atoms. The first kappa shape index (κ1) is 16.2. The number of rotatable bonds is 3. The maximum Gasteiger partial charge on any atom is 0.446 e. The van der Waals surface area contributed by atoms with Crippen LogP contribution in [0.1, 0.15) is 10.4 Å². The second kappa shape index (κ2) is 6.69. The first-order chi connectivity index (χ1) is 9.83. The van der Waals surface area contributed by atoms with E-state index in [1.807, 2.05) is 6.07 Å². The molecule has 0 saturated carbocycles. The molecule has 0 spiro atoms. The van der Waals surface area contributed by atoms with Gasteiger partial charge in [-0.25, -0.2) is 0 Å². The zero-order valence-corrected chi connectivity index (χ0v) is 13.4. The van der Waals surface area contributed by atoms with Crippen molar-refractivity contribution in [2.45, 2.75) is 10.4 Å². The molecule has 0 aliphatic rings. The van der Waals surface area contributed by atoms with E-state index >= 15 is 0 Å². The van der Waals surface area contributed by atoms with E-state index in [1.165, 1.54) is 24.3 Å². The van der Waals surface area contributed by atoms with Gasteiger partial charge < -0.3 is 5.32 Å². The number of hydrogen-bond donors (Lipinski definition) is 1. The lowest BCUT2D eigenvalue weighted by molar-refractivity contribution is -0.0328. The minimum Gasteiger partial charge on any atom is -0.322 e. The number of nitrogens with one attached hydrogen (secondary N) is 1. The molecule has 2 rings (SSSR count). The van der Waals surface area contributed by atoms with E-state index in [0.29, 0.717) is 11.3 Å². The second-order valence-corrected chi connectivity index (χ2v) is 6.42. The molecule has 2 aromatic carbocycles. The van der Waals surface area contributed by atoms with Gasteiger partial charge in [-0.05, 0) is 76.8 Å². The Hall–Kier alpha value is -1.22. The van der Waals surface area contributed by atoms with Gasteiger partial charge in [0.05, 0.1) is 0 Å². The van der Waals surface area contributed by atoms with Crippen molar-refractivity contribution in [1.29, 1.82) is 0 Å². The van der Waals surface area contributed by atoms with Gasteiger partial charge in [0.15, 0.2) is 0 Å². The van der Waals surface area contributed by atoms with Crippen LogP contribution in [0.15, 0.2) is 53.4 Å². The van der Waals surface area contributed by atoms with E-state index in [0.717, 1.165) is 3.57 Å². The Morgan fingerprint density at radius 3 is 2.33 bits per heavy atom. The summed E-state index contributed by atoms with van der Waals surface area (Å²) in [6, 6.07) is 12.6. The molecule has 0 bridgehead atoms. The molecular weight excluding hydrogens is 414 g/mol. The summed E-state index contributed by atoms with van der Waals surface area (Å²) in [6.07, 6.45) is 0. The summed E-state index contributed by atoms with van der Waals surface area (Å²) in [4.78, 5) is 12.1. The summed E-state index contributed by atoms with van der Waals surface area (Å²) < 4.78 is 37.5. The Morgan fingerprint density at radius 1 is 1.10 bits per heavy atom. The Labute approximate surface area is 137 Å². The lowest BCUT2D eigenvalue weighted by atomic mass is 10.2. The van der Waals surface area contributed by atoms with Crippen molar-refractivity contribution in [3.05, 3.63) is 57.7 Å². The second-order valence-electron chi connectivity index (χ2n) is 4.04. The summed E-state index contributed by atoms with van der Waals surface area (Å²) in [6.45, 7) is 0. The van der Waals surface area contributed by atoms with Gasteiger partial charge >= 0.3 is 5.51 Å². The number of carbonyl (C=O) groups excluding carboxylic acids is 1. The molecule has 0 aromatic heterocycles. The lowest BCUT2D eigenvalue weighted by Gasteiger charge is -2.08. The van der Waals surface area contributed by atoms with Crippen LogP contribution in [0.4, 0.5) is 18.9 Å². The molecule has 0 fully saturated rings. The smallest absolute Gasteiger partial charge is 0.322 e. The third-order valence-corrected chi connectivity index (χ3v) is 3.84. The van der Waals surface area contributed by atoms with Crippen LogP contribution in [0.3, 0.4) is 0 Å². The molecule has 2 aromatic rings. The van der Waals surface area contributed by atoms with E-state index in [4.69, 9.17) is 0 Å². The highest BCUT2D eigenvalue weighted by atomic mass is 127. The van der Waals surface area contributed by atoms with E-state index < -0.39 is 5.51 Å². The van der Waals surface area contributed by atoms with Crippen molar-refractivity contribution in [3.63, 3.8) is 0 Å². The molecule has 0 aliphatic carbocycles. The first-order valence-corrected chi connectivity index (χ1v) is 7.66. The third-order valence-electron chi connectivity index (χ3n) is 2.43. The molecule has 0 unspecified atom stereocenters. The number of thioether (sulfide) groups is 1. The van der Waals surface area contributed by atoms with Gasteiger partial charge in [-0.1, -0.05) is 6.07 Å². The minimum absolute atomic E-state index is 0.0785. The highest BCUT2D eigenvalue weighted by molar-refractivity contribution is 14.1. The Kier molecular flexibility index (Phi) is 5.15. The summed E-state index contributed by atoms with van der Waals surface area (Å²) >= 11 is 1.91. The highest BCUT2D eigenvalue weighted by Gasteiger charge is 2.29. The maximum absolute atomic E-state index is 12.2. The molecule has 110 valence electrons. The van der Waals surface area contributed by atoms with Crippen molar-refractivity contribution in [3.8, 4) is 0 Å². The third kappa shape index (κ3) is 5.24. The largest absolute Gasteiger partial charge is 0.446 e. The van der Waals surface area contributed by atoms with E-state index in [1.54, 1.807) is 18.2 Å². The van der Waals surface area contributed by atoms with Gasteiger partial charge in [-0.2, -0.15) is 13.2 Å². The van der Waals surface area contributed by atoms with Gasteiger partial charge in [0.2, 0.25) is 0 Å². The molecule has 1 amide bonds. The van der Waals surface area contributed by atoms with Crippen molar-refractivity contribution in [1.82, 2.24) is 0 Å². The summed E-state index contributed by atoms with van der Waals surface area (Å²) in [7, 11) is 0. The van der Waals surface area contributed by atoms with Crippen LogP contribution in [0, 0.1) is 3.57 Å². The molecule has 0 heterocycles. The summed E-state index contributed by atoms with van der Waals surface area (Å²) in [5.74, 6) is -0.301. The lowest BCUT2D eigenvalue weighted by Crippen LogP contribution is -2.11. The molecular formula is C14H9F3INOS. The molecule has 0 radical (unpaired) electrons. The number of halogens is 4. The zero-order valence-electron chi connectivity index (χ0n) is 10.4. The Bertz CT molecular complexity index is 643. The average molecular weight is 423 g/mol. The SMILES string of the molecule is O=C(Nc1ccc(SC(F)(F)F)cc1)c1cccc(I)c1. The van der Waals surface area contributed by atoms with Crippen molar-refractivity contribution < 1.29 is 18.0 Å². The van der Waals surface area contributed by atoms with Crippen LogP contribution in [-0.2, 0) is 0 Å². The fourth-order valence-electron chi connectivity index (χ4n) is 1.57. The van der Waals surface area contributed by atoms with E-state index in [-0.39, 0.29) is 22.6 Å². The molecule has 0 saturated heterocycles. The van der Waals surface area contributed by atoms with E-state index in [2.05, 4.69) is 27.9 Å². The number of carbonyl (C=O) groups is 1. The van der Waals surface area contributed by atoms with Gasteiger partial charge in [0.25, 0.3) is 5.91 Å². The average Bonchev–Trinajstić information content (AvgIpc) is 2.39. The fraction of sp³-hybridized carbons (Fsp3) is 0.0714. The van der Waals surface area contributed by atoms with E-state index in [9.17, 15) is 18.0 Å². The first-order valence-electron chi connectivity index (χ1n) is 5.76. The Morgan fingerprint density at radius 2 is 1.76 bits per heavy atom. The minimum atomic E-state index is -4.31. The number of anilines is 1. The summed E-state index contributed by atoms with van der Waals surface area (Å²) in [5, 5.41) is 2.64. The van der Waals surface area contributed by atoms with Crippen LogP contribution in [0.25, 0.3) is 0 Å². The van der Waals surface area contributed by atoms with Crippen molar-refractivity contribution in [2.24, 2.45) is 0 Å². The number of benzene rings is 2. The summed E-state index contributed by atoms with van der Waals surface area (Å²) in [5.41, 5.74) is -3.37. The fourth-order valence-corrected chi connectivity index (χ4v) is 2.66. The topological polar surface area (TPSA) is 29.1 Å². The molecule has 1 N–H and O–H groups in total. The van der Waals surface area contributed by atoms with Crippen molar-refractivity contribution >= 4 is 45.9 Å². The molecule has 7 heteroatoms. The highest BCUT2D eigenvalue weighted by Crippen LogP contribution is 2.37. The van der Waals surface area contributed by atoms with Crippen LogP contribution in [-0.4, -0.2) is 11.4 Å². The maximum atomic E-state index is 12.2. The monoisotopic (exact) mass is 423 g/mol. The Balaban J connectivity index is 2.05. The van der Waals surface area contributed by atoms with Crippen LogP contribution in [0.2, 0.25) is 0 Å². The van der Waals surface area contributed by atoms with Crippen LogP contribution >= 0.6 is 34.4 Å². The molecule has 0 aliphatic heterocycles. The zero-order chi connectivity index (χ0) is 15.5.